The number of hydrogen-bond acceptors (Lipinski definition) is 2. The van der Waals surface area contributed by atoms with E-state index >= 15 is 0 Å². The lowest BCUT2D eigenvalue weighted by molar-refractivity contribution is 0.161. The highest BCUT2D eigenvalue weighted by Gasteiger charge is 2.13. The molecule has 0 aliphatic rings. The topological polar surface area (TPSA) is 51.2 Å². The van der Waals surface area contributed by atoms with Crippen molar-refractivity contribution in [2.24, 2.45) is 12.8 Å². The van der Waals surface area contributed by atoms with Crippen LogP contribution in [-0.2, 0) is 7.05 Å². The van der Waals surface area contributed by atoms with Gasteiger partial charge in [-0.3, -0.25) is 0 Å². The van der Waals surface area contributed by atoms with Gasteiger partial charge in [0.2, 0.25) is 0 Å². The first-order valence-corrected chi connectivity index (χ1v) is 3.68. The molecule has 1 rings (SSSR count). The maximum Gasteiger partial charge on any atom is 0.0719 e. The summed E-state index contributed by atoms with van der Waals surface area (Å²) in [5.74, 6) is 0. The average molecular weight is 154 g/mol. The Morgan fingerprint density at radius 1 is 1.64 bits per heavy atom. The van der Waals surface area contributed by atoms with Crippen LogP contribution >= 0.6 is 0 Å². The Bertz CT molecular complexity index is 230. The van der Waals surface area contributed by atoms with Crippen LogP contribution in [0.25, 0.3) is 0 Å². The van der Waals surface area contributed by atoms with Crippen molar-refractivity contribution >= 4 is 0 Å². The summed E-state index contributed by atoms with van der Waals surface area (Å²) in [6, 6.07) is 3.55. The lowest BCUT2D eigenvalue weighted by Gasteiger charge is -2.15. The molecule has 0 radical (unpaired) electrons. The van der Waals surface area contributed by atoms with Gasteiger partial charge in [0.05, 0.1) is 12.1 Å². The predicted octanol–water partition coefficient (Wildman–Crippen LogP) is 0.406. The zero-order valence-electron chi connectivity index (χ0n) is 6.86. The van der Waals surface area contributed by atoms with Gasteiger partial charge in [-0.2, -0.15) is 0 Å². The third-order valence-electron chi connectivity index (χ3n) is 1.85. The highest BCUT2D eigenvalue weighted by atomic mass is 16.3. The molecule has 0 aliphatic heterocycles. The van der Waals surface area contributed by atoms with Crippen molar-refractivity contribution < 1.29 is 5.11 Å². The van der Waals surface area contributed by atoms with Crippen molar-refractivity contribution in [3.8, 4) is 0 Å². The minimum absolute atomic E-state index is 0.282. The van der Waals surface area contributed by atoms with Gasteiger partial charge in [-0.25, -0.2) is 0 Å². The van der Waals surface area contributed by atoms with Crippen LogP contribution in [0.2, 0.25) is 0 Å². The molecule has 62 valence electrons. The molecule has 0 saturated heterocycles. The quantitative estimate of drug-likeness (QED) is 0.648. The van der Waals surface area contributed by atoms with Crippen LogP contribution in [0.4, 0.5) is 0 Å². The fraction of sp³-hybridized carbons (Fsp3) is 0.500. The van der Waals surface area contributed by atoms with Crippen LogP contribution in [0.15, 0.2) is 18.3 Å². The number of aryl methyl sites for hydroxylation is 1. The van der Waals surface area contributed by atoms with Crippen molar-refractivity contribution in [2.75, 3.05) is 0 Å². The monoisotopic (exact) mass is 154 g/mol. The summed E-state index contributed by atoms with van der Waals surface area (Å²) in [6.45, 7) is 1.69. The minimum Gasteiger partial charge on any atom is -0.391 e. The Balaban J connectivity index is 2.84. The molecular weight excluding hydrogens is 140 g/mol. The largest absolute Gasteiger partial charge is 0.391 e. The molecule has 1 unspecified atom stereocenters. The molecule has 0 aliphatic carbocycles. The van der Waals surface area contributed by atoms with E-state index in [1.807, 2.05) is 29.9 Å². The van der Waals surface area contributed by atoms with E-state index in [4.69, 9.17) is 5.73 Å². The molecule has 0 aromatic carbocycles. The van der Waals surface area contributed by atoms with Gasteiger partial charge in [0.1, 0.15) is 0 Å². The summed E-state index contributed by atoms with van der Waals surface area (Å²) >= 11 is 0. The molecule has 0 saturated carbocycles. The minimum atomic E-state index is -0.497. The van der Waals surface area contributed by atoms with E-state index in [2.05, 4.69) is 0 Å². The van der Waals surface area contributed by atoms with Crippen molar-refractivity contribution in [2.45, 2.75) is 19.1 Å². The fourth-order valence-electron chi connectivity index (χ4n) is 1.07. The zero-order chi connectivity index (χ0) is 8.43. The summed E-state index contributed by atoms with van der Waals surface area (Å²) in [7, 11) is 1.91. The predicted molar refractivity (Wildman–Crippen MR) is 44.0 cm³/mol. The van der Waals surface area contributed by atoms with E-state index in [1.54, 1.807) is 6.92 Å². The maximum absolute atomic E-state index is 9.18. The summed E-state index contributed by atoms with van der Waals surface area (Å²) < 4.78 is 1.91. The second-order valence-electron chi connectivity index (χ2n) is 2.81. The molecule has 3 nitrogen and oxygen atoms in total. The highest BCUT2D eigenvalue weighted by Crippen LogP contribution is 2.13. The number of nitrogens with zero attached hydrogens (tertiary/aromatic N) is 1. The first-order chi connectivity index (χ1) is 5.13. The van der Waals surface area contributed by atoms with Crippen LogP contribution in [0.5, 0.6) is 0 Å². The van der Waals surface area contributed by atoms with Crippen molar-refractivity contribution in [1.29, 1.82) is 0 Å². The van der Waals surface area contributed by atoms with Crippen molar-refractivity contribution in [3.63, 3.8) is 0 Å². The van der Waals surface area contributed by atoms with Crippen LogP contribution in [0.3, 0.4) is 0 Å². The van der Waals surface area contributed by atoms with Gasteiger partial charge in [0.15, 0.2) is 0 Å². The molecule has 3 N–H and O–H groups in total. The number of nitrogens with two attached hydrogens (primary N) is 1. The van der Waals surface area contributed by atoms with E-state index in [0.29, 0.717) is 0 Å². The van der Waals surface area contributed by atoms with Gasteiger partial charge in [0, 0.05) is 18.9 Å². The van der Waals surface area contributed by atoms with Gasteiger partial charge in [0.25, 0.3) is 0 Å². The molecule has 3 heteroatoms. The molecule has 1 heterocycles. The molecule has 1 aromatic heterocycles. The van der Waals surface area contributed by atoms with Crippen molar-refractivity contribution in [1.82, 2.24) is 4.57 Å². The second-order valence-corrected chi connectivity index (χ2v) is 2.81. The van der Waals surface area contributed by atoms with Crippen LogP contribution < -0.4 is 5.73 Å². The van der Waals surface area contributed by atoms with E-state index < -0.39 is 6.10 Å². The molecule has 2 atom stereocenters. The van der Waals surface area contributed by atoms with Crippen molar-refractivity contribution in [3.05, 3.63) is 24.0 Å². The zero-order valence-corrected chi connectivity index (χ0v) is 6.86. The summed E-state index contributed by atoms with van der Waals surface area (Å²) in [4.78, 5) is 0. The van der Waals surface area contributed by atoms with Gasteiger partial charge < -0.3 is 15.4 Å². The Morgan fingerprint density at radius 2 is 2.27 bits per heavy atom. The number of aromatic nitrogens is 1. The molecule has 11 heavy (non-hydrogen) atoms. The Morgan fingerprint density at radius 3 is 2.64 bits per heavy atom. The number of hydrogen-bond donors (Lipinski definition) is 2. The molecule has 1 aromatic rings. The lowest BCUT2D eigenvalue weighted by Crippen LogP contribution is -2.25. The Hall–Kier alpha value is -0.800. The van der Waals surface area contributed by atoms with E-state index in [-0.39, 0.29) is 6.04 Å². The lowest BCUT2D eigenvalue weighted by atomic mass is 10.1. The van der Waals surface area contributed by atoms with Gasteiger partial charge >= 0.3 is 0 Å². The number of rotatable bonds is 2. The maximum atomic E-state index is 9.18. The van der Waals surface area contributed by atoms with E-state index in [0.717, 1.165) is 5.69 Å². The van der Waals surface area contributed by atoms with Crippen LogP contribution in [0.1, 0.15) is 18.7 Å². The van der Waals surface area contributed by atoms with E-state index in [1.165, 1.54) is 0 Å². The van der Waals surface area contributed by atoms with E-state index in [9.17, 15) is 5.11 Å². The van der Waals surface area contributed by atoms with Crippen LogP contribution in [0, 0.1) is 0 Å². The Kier molecular flexibility index (Phi) is 2.31. The summed E-state index contributed by atoms with van der Waals surface area (Å²) in [5, 5.41) is 9.18. The van der Waals surface area contributed by atoms with Gasteiger partial charge in [-0.15, -0.1) is 0 Å². The molecular formula is C8H14N2O. The normalized spacial score (nSPS) is 16.4. The second kappa shape index (κ2) is 3.07. The smallest absolute Gasteiger partial charge is 0.0719 e. The van der Waals surface area contributed by atoms with Crippen LogP contribution in [-0.4, -0.2) is 15.8 Å². The standard InChI is InChI=1S/C8H14N2O/c1-6(11)8(9)7-4-3-5-10(7)2/h3-6,8,11H,9H2,1-2H3/t6?,8-/m1/s1. The third kappa shape index (κ3) is 1.61. The molecule has 0 fully saturated rings. The molecule has 0 spiro atoms. The summed E-state index contributed by atoms with van der Waals surface area (Å²) in [6.07, 6.45) is 1.42. The average Bonchev–Trinajstić information content (AvgIpc) is 2.33. The molecule has 0 bridgehead atoms. The van der Waals surface area contributed by atoms with Gasteiger partial charge in [-0.05, 0) is 19.1 Å². The SMILES string of the molecule is CC(O)[C@@H](N)c1cccn1C. The number of aliphatic hydroxyl groups is 1. The summed E-state index contributed by atoms with van der Waals surface area (Å²) in [5.41, 5.74) is 6.67. The Labute approximate surface area is 66.4 Å². The molecule has 0 amide bonds. The van der Waals surface area contributed by atoms with Gasteiger partial charge in [-0.1, -0.05) is 0 Å². The number of aliphatic hydroxyl groups excluding tert-OH is 1. The first kappa shape index (κ1) is 8.30. The fourth-order valence-corrected chi connectivity index (χ4v) is 1.07. The third-order valence-corrected chi connectivity index (χ3v) is 1.85. The first-order valence-electron chi connectivity index (χ1n) is 3.68. The highest BCUT2D eigenvalue weighted by molar-refractivity contribution is 5.11.